The quantitative estimate of drug-likeness (QED) is 0.477. The fourth-order valence-electron chi connectivity index (χ4n) is 3.61. The highest BCUT2D eigenvalue weighted by atomic mass is 32.2. The van der Waals surface area contributed by atoms with Gasteiger partial charge in [0, 0.05) is 57.1 Å². The molecule has 2 heterocycles. The average Bonchev–Trinajstić information content (AvgIpc) is 3.04. The molecule has 1 aromatic heterocycles. The number of ether oxygens (including phenoxy) is 1. The van der Waals surface area contributed by atoms with Gasteiger partial charge >= 0.3 is 5.97 Å². The summed E-state index contributed by atoms with van der Waals surface area (Å²) in [5, 5.41) is 0. The van der Waals surface area contributed by atoms with Gasteiger partial charge in [-0.15, -0.1) is 0 Å². The Bertz CT molecular complexity index is 1160. The Morgan fingerprint density at radius 1 is 1.03 bits per heavy atom. The van der Waals surface area contributed by atoms with E-state index in [2.05, 4.69) is 0 Å². The summed E-state index contributed by atoms with van der Waals surface area (Å²) in [4.78, 5) is 37.9. The summed E-state index contributed by atoms with van der Waals surface area (Å²) < 4.78 is 34.3. The normalized spacial score (nSPS) is 14.9. The van der Waals surface area contributed by atoms with Crippen LogP contribution in [0.3, 0.4) is 0 Å². The van der Waals surface area contributed by atoms with Gasteiger partial charge < -0.3 is 14.2 Å². The lowest BCUT2D eigenvalue weighted by molar-refractivity contribution is -0.129. The van der Waals surface area contributed by atoms with Crippen molar-refractivity contribution in [2.24, 2.45) is 7.05 Å². The van der Waals surface area contributed by atoms with Gasteiger partial charge in [-0.25, -0.2) is 13.2 Å². The van der Waals surface area contributed by atoms with Crippen LogP contribution in [-0.4, -0.2) is 72.6 Å². The molecule has 1 aliphatic rings. The molecule has 1 aliphatic heterocycles. The SMILES string of the molecule is CC(=O)N1CCN(S(=O)(=O)c2cccc(C(=O)OCC(=O)c3cc(C)n(C)c3C)c2)CC1. The molecule has 1 aromatic carbocycles. The van der Waals surface area contributed by atoms with E-state index in [-0.39, 0.29) is 35.2 Å². The molecular formula is C22H27N3O6S. The van der Waals surface area contributed by atoms with Crippen molar-refractivity contribution in [3.63, 3.8) is 0 Å². The zero-order valence-corrected chi connectivity index (χ0v) is 19.4. The number of piperazine rings is 1. The molecule has 32 heavy (non-hydrogen) atoms. The number of sulfonamides is 1. The second-order valence-electron chi connectivity index (χ2n) is 7.78. The topological polar surface area (TPSA) is 106 Å². The number of rotatable bonds is 6. The van der Waals surface area contributed by atoms with E-state index < -0.39 is 22.6 Å². The number of hydrogen-bond donors (Lipinski definition) is 0. The minimum Gasteiger partial charge on any atom is -0.454 e. The van der Waals surface area contributed by atoms with Crippen LogP contribution in [0.25, 0.3) is 0 Å². The second-order valence-corrected chi connectivity index (χ2v) is 9.72. The largest absolute Gasteiger partial charge is 0.454 e. The molecule has 0 saturated carbocycles. The van der Waals surface area contributed by atoms with Gasteiger partial charge in [0.2, 0.25) is 21.7 Å². The maximum Gasteiger partial charge on any atom is 0.338 e. The summed E-state index contributed by atoms with van der Waals surface area (Å²) in [7, 11) is -1.98. The summed E-state index contributed by atoms with van der Waals surface area (Å²) in [5.41, 5.74) is 2.22. The van der Waals surface area contributed by atoms with Gasteiger partial charge in [0.15, 0.2) is 6.61 Å². The Kier molecular flexibility index (Phi) is 6.85. The highest BCUT2D eigenvalue weighted by molar-refractivity contribution is 7.89. The van der Waals surface area contributed by atoms with Crippen molar-refractivity contribution in [1.29, 1.82) is 0 Å². The first kappa shape index (κ1) is 23.7. The summed E-state index contributed by atoms with van der Waals surface area (Å²) >= 11 is 0. The van der Waals surface area contributed by atoms with E-state index in [4.69, 9.17) is 4.74 Å². The number of carbonyl (C=O) groups excluding carboxylic acids is 3. The van der Waals surface area contributed by atoms with Crippen LogP contribution in [0.2, 0.25) is 0 Å². The van der Waals surface area contributed by atoms with Crippen molar-refractivity contribution in [3.8, 4) is 0 Å². The molecule has 3 rings (SSSR count). The molecule has 0 bridgehead atoms. The van der Waals surface area contributed by atoms with Gasteiger partial charge in [0.1, 0.15) is 0 Å². The van der Waals surface area contributed by atoms with Gasteiger partial charge in [-0.1, -0.05) is 6.07 Å². The molecule has 0 radical (unpaired) electrons. The Hall–Kier alpha value is -2.98. The number of Topliss-reactive ketones (excluding diaryl/α,β-unsaturated/α-hetero) is 1. The van der Waals surface area contributed by atoms with Crippen LogP contribution in [0.1, 0.15) is 39.0 Å². The molecule has 172 valence electrons. The van der Waals surface area contributed by atoms with E-state index in [1.54, 1.807) is 11.0 Å². The van der Waals surface area contributed by atoms with Gasteiger partial charge in [-0.2, -0.15) is 4.31 Å². The predicted molar refractivity (Wildman–Crippen MR) is 117 cm³/mol. The molecule has 1 saturated heterocycles. The lowest BCUT2D eigenvalue weighted by atomic mass is 10.1. The maximum atomic E-state index is 13.0. The van der Waals surface area contributed by atoms with Crippen LogP contribution in [0.15, 0.2) is 35.2 Å². The molecule has 0 unspecified atom stereocenters. The van der Waals surface area contributed by atoms with Crippen molar-refractivity contribution in [3.05, 3.63) is 52.8 Å². The van der Waals surface area contributed by atoms with Crippen molar-refractivity contribution in [1.82, 2.24) is 13.8 Å². The Labute approximate surface area is 187 Å². The Morgan fingerprint density at radius 2 is 1.69 bits per heavy atom. The van der Waals surface area contributed by atoms with Crippen molar-refractivity contribution < 1.29 is 27.5 Å². The summed E-state index contributed by atoms with van der Waals surface area (Å²) in [6.07, 6.45) is 0. The Balaban J connectivity index is 1.68. The number of aromatic nitrogens is 1. The predicted octanol–water partition coefficient (Wildman–Crippen LogP) is 1.53. The molecule has 10 heteroatoms. The lowest BCUT2D eigenvalue weighted by Crippen LogP contribution is -2.49. The number of esters is 1. The van der Waals surface area contributed by atoms with E-state index in [0.29, 0.717) is 18.7 Å². The Morgan fingerprint density at radius 3 is 2.25 bits per heavy atom. The van der Waals surface area contributed by atoms with E-state index in [9.17, 15) is 22.8 Å². The molecule has 0 spiro atoms. The van der Waals surface area contributed by atoms with Gasteiger partial charge in [0.05, 0.1) is 10.5 Å². The fraction of sp³-hybridized carbons (Fsp3) is 0.409. The zero-order valence-electron chi connectivity index (χ0n) is 18.6. The number of nitrogens with zero attached hydrogens (tertiary/aromatic N) is 3. The first-order valence-corrected chi connectivity index (χ1v) is 11.7. The van der Waals surface area contributed by atoms with Crippen molar-refractivity contribution in [2.45, 2.75) is 25.7 Å². The number of amides is 1. The maximum absolute atomic E-state index is 13.0. The molecule has 0 N–H and O–H groups in total. The minimum absolute atomic E-state index is 0.0379. The third kappa shape index (κ3) is 4.76. The molecule has 9 nitrogen and oxygen atoms in total. The van der Waals surface area contributed by atoms with Gasteiger partial charge in [-0.3, -0.25) is 9.59 Å². The number of hydrogen-bond acceptors (Lipinski definition) is 6. The summed E-state index contributed by atoms with van der Waals surface area (Å²) in [5.74, 6) is -1.20. The molecule has 2 aromatic rings. The average molecular weight is 462 g/mol. The monoisotopic (exact) mass is 461 g/mol. The van der Waals surface area contributed by atoms with Crippen LogP contribution in [-0.2, 0) is 26.6 Å². The molecule has 0 atom stereocenters. The number of aryl methyl sites for hydroxylation is 1. The third-order valence-corrected chi connectivity index (χ3v) is 7.70. The number of benzene rings is 1. The highest BCUT2D eigenvalue weighted by Gasteiger charge is 2.30. The zero-order chi connectivity index (χ0) is 23.6. The standard InChI is InChI=1S/C22H27N3O6S/c1-15-12-20(16(2)23(15)4)21(27)14-31-22(28)18-6-5-7-19(13-18)32(29,30)25-10-8-24(9-11-25)17(3)26/h5-7,12-13H,8-11,14H2,1-4H3. The van der Waals surface area contributed by atoms with E-state index in [1.165, 1.54) is 35.5 Å². The van der Waals surface area contributed by atoms with E-state index in [1.807, 2.05) is 25.5 Å². The number of carbonyl (C=O) groups is 3. The van der Waals surface area contributed by atoms with Crippen LogP contribution >= 0.6 is 0 Å². The minimum atomic E-state index is -3.83. The van der Waals surface area contributed by atoms with Crippen LogP contribution in [0, 0.1) is 13.8 Å². The smallest absolute Gasteiger partial charge is 0.338 e. The summed E-state index contributed by atoms with van der Waals surface area (Å²) in [6, 6.07) is 7.30. The highest BCUT2D eigenvalue weighted by Crippen LogP contribution is 2.20. The van der Waals surface area contributed by atoms with Crippen LogP contribution in [0.4, 0.5) is 0 Å². The van der Waals surface area contributed by atoms with Crippen molar-refractivity contribution >= 4 is 27.7 Å². The molecule has 0 aliphatic carbocycles. The van der Waals surface area contributed by atoms with Crippen LogP contribution in [0.5, 0.6) is 0 Å². The lowest BCUT2D eigenvalue weighted by Gasteiger charge is -2.33. The fourth-order valence-corrected chi connectivity index (χ4v) is 5.07. The van der Waals surface area contributed by atoms with Gasteiger partial charge in [0.25, 0.3) is 0 Å². The summed E-state index contributed by atoms with van der Waals surface area (Å²) in [6.45, 7) is 5.70. The van der Waals surface area contributed by atoms with Crippen LogP contribution < -0.4 is 0 Å². The van der Waals surface area contributed by atoms with E-state index in [0.717, 1.165) is 11.4 Å². The molecule has 1 amide bonds. The first-order chi connectivity index (χ1) is 15.0. The third-order valence-electron chi connectivity index (χ3n) is 5.80. The van der Waals surface area contributed by atoms with E-state index >= 15 is 0 Å². The first-order valence-electron chi connectivity index (χ1n) is 10.2. The molecule has 1 fully saturated rings. The molecular weight excluding hydrogens is 434 g/mol. The number of ketones is 1. The van der Waals surface area contributed by atoms with Crippen molar-refractivity contribution in [2.75, 3.05) is 32.8 Å². The van der Waals surface area contributed by atoms with Gasteiger partial charge in [-0.05, 0) is 38.1 Å². The second kappa shape index (κ2) is 9.25.